The summed E-state index contributed by atoms with van der Waals surface area (Å²) in [7, 11) is 0. The van der Waals surface area contributed by atoms with E-state index >= 15 is 0 Å². The molecular formula is C17H28N2O4. The summed E-state index contributed by atoms with van der Waals surface area (Å²) in [4.78, 5) is 11.5. The van der Waals surface area contributed by atoms with Gasteiger partial charge >= 0.3 is 6.09 Å². The Hall–Kier alpha value is -1.95. The number of hydrogen-bond acceptors (Lipinski definition) is 5. The number of benzene rings is 1. The quantitative estimate of drug-likeness (QED) is 0.682. The molecule has 0 unspecified atom stereocenters. The number of nitrogens with one attached hydrogen (secondary N) is 1. The van der Waals surface area contributed by atoms with Gasteiger partial charge in [0.15, 0.2) is 0 Å². The molecule has 0 aliphatic rings. The van der Waals surface area contributed by atoms with E-state index in [0.29, 0.717) is 32.7 Å². The van der Waals surface area contributed by atoms with Gasteiger partial charge in [-0.3, -0.25) is 0 Å². The second-order valence-electron chi connectivity index (χ2n) is 6.10. The first-order chi connectivity index (χ1) is 10.9. The standard InChI is InChI=1S/C17H28N2O4/c1-17(2,3)23-16(20)19-10-6-12-22-15-8-4-7-14(13-15)21-11-5-9-18/h4,7-8,13H,5-6,9-12,18H2,1-3H3,(H,19,20). The molecule has 0 aliphatic carbocycles. The lowest BCUT2D eigenvalue weighted by Crippen LogP contribution is -2.33. The van der Waals surface area contributed by atoms with Gasteiger partial charge in [0.25, 0.3) is 0 Å². The maximum absolute atomic E-state index is 11.5. The Balaban J connectivity index is 2.20. The van der Waals surface area contributed by atoms with Gasteiger partial charge in [0.2, 0.25) is 0 Å². The summed E-state index contributed by atoms with van der Waals surface area (Å²) in [5.74, 6) is 1.51. The predicted octanol–water partition coefficient (Wildman–Crippen LogP) is 2.71. The van der Waals surface area contributed by atoms with E-state index < -0.39 is 11.7 Å². The van der Waals surface area contributed by atoms with Gasteiger partial charge in [-0.1, -0.05) is 6.07 Å². The Labute approximate surface area is 138 Å². The maximum atomic E-state index is 11.5. The lowest BCUT2D eigenvalue weighted by Gasteiger charge is -2.19. The van der Waals surface area contributed by atoms with Crippen LogP contribution in [0.2, 0.25) is 0 Å². The van der Waals surface area contributed by atoms with Gasteiger partial charge in [-0.2, -0.15) is 0 Å². The highest BCUT2D eigenvalue weighted by Gasteiger charge is 2.15. The van der Waals surface area contributed by atoms with Crippen LogP contribution in [0.25, 0.3) is 0 Å². The fraction of sp³-hybridized carbons (Fsp3) is 0.588. The van der Waals surface area contributed by atoms with Crippen molar-refractivity contribution in [3.8, 4) is 11.5 Å². The van der Waals surface area contributed by atoms with Crippen LogP contribution < -0.4 is 20.5 Å². The first kappa shape index (κ1) is 19.1. The summed E-state index contributed by atoms with van der Waals surface area (Å²) >= 11 is 0. The van der Waals surface area contributed by atoms with E-state index in [1.54, 1.807) is 0 Å². The molecule has 0 radical (unpaired) electrons. The van der Waals surface area contributed by atoms with Gasteiger partial charge < -0.3 is 25.3 Å². The summed E-state index contributed by atoms with van der Waals surface area (Å²) in [6.45, 7) is 7.71. The lowest BCUT2D eigenvalue weighted by molar-refractivity contribution is 0.0525. The molecule has 3 N–H and O–H groups in total. The first-order valence-corrected chi connectivity index (χ1v) is 7.93. The van der Waals surface area contributed by atoms with Gasteiger partial charge in [0.05, 0.1) is 13.2 Å². The van der Waals surface area contributed by atoms with Crippen molar-refractivity contribution in [3.63, 3.8) is 0 Å². The number of amides is 1. The third kappa shape index (κ3) is 9.63. The van der Waals surface area contributed by atoms with E-state index in [9.17, 15) is 4.79 Å². The van der Waals surface area contributed by atoms with Crippen LogP contribution in [-0.4, -0.2) is 38.0 Å². The highest BCUT2D eigenvalue weighted by molar-refractivity contribution is 5.67. The maximum Gasteiger partial charge on any atom is 0.407 e. The molecule has 1 aromatic carbocycles. The number of alkyl carbamates (subject to hydrolysis) is 1. The minimum Gasteiger partial charge on any atom is -0.493 e. The third-order valence-corrected chi connectivity index (χ3v) is 2.68. The van der Waals surface area contributed by atoms with Crippen LogP contribution in [-0.2, 0) is 4.74 Å². The Kier molecular flexibility index (Phi) is 8.26. The zero-order chi connectivity index (χ0) is 17.1. The van der Waals surface area contributed by atoms with E-state index in [1.807, 2.05) is 45.0 Å². The van der Waals surface area contributed by atoms with Crippen molar-refractivity contribution in [1.82, 2.24) is 5.32 Å². The topological polar surface area (TPSA) is 82.8 Å². The van der Waals surface area contributed by atoms with Gasteiger partial charge in [-0.15, -0.1) is 0 Å². The smallest absolute Gasteiger partial charge is 0.407 e. The van der Waals surface area contributed by atoms with Crippen LogP contribution in [0.3, 0.4) is 0 Å². The largest absolute Gasteiger partial charge is 0.493 e. The van der Waals surface area contributed by atoms with E-state index in [4.69, 9.17) is 19.9 Å². The number of nitrogens with two attached hydrogens (primary N) is 1. The van der Waals surface area contributed by atoms with E-state index in [1.165, 1.54) is 0 Å². The normalized spacial score (nSPS) is 11.0. The summed E-state index contributed by atoms with van der Waals surface area (Å²) < 4.78 is 16.3. The molecule has 0 saturated carbocycles. The second kappa shape index (κ2) is 9.94. The number of ether oxygens (including phenoxy) is 3. The van der Waals surface area contributed by atoms with Crippen molar-refractivity contribution in [2.75, 3.05) is 26.3 Å². The minimum atomic E-state index is -0.481. The van der Waals surface area contributed by atoms with Crippen LogP contribution in [0.15, 0.2) is 24.3 Å². The monoisotopic (exact) mass is 324 g/mol. The summed E-state index contributed by atoms with van der Waals surface area (Å²) in [6, 6.07) is 7.48. The van der Waals surface area contributed by atoms with Crippen LogP contribution in [0.5, 0.6) is 11.5 Å². The average molecular weight is 324 g/mol. The second-order valence-corrected chi connectivity index (χ2v) is 6.10. The molecule has 0 saturated heterocycles. The van der Waals surface area contributed by atoms with Crippen LogP contribution in [0.1, 0.15) is 33.6 Å². The fourth-order valence-electron chi connectivity index (χ4n) is 1.69. The number of carbonyl (C=O) groups excluding carboxylic acids is 1. The molecule has 1 aromatic rings. The fourth-order valence-corrected chi connectivity index (χ4v) is 1.69. The highest BCUT2D eigenvalue weighted by Crippen LogP contribution is 2.19. The molecular weight excluding hydrogens is 296 g/mol. The first-order valence-electron chi connectivity index (χ1n) is 7.93. The number of carbonyl (C=O) groups is 1. The van der Waals surface area contributed by atoms with Crippen molar-refractivity contribution in [2.45, 2.75) is 39.2 Å². The third-order valence-electron chi connectivity index (χ3n) is 2.68. The highest BCUT2D eigenvalue weighted by atomic mass is 16.6. The summed E-state index contributed by atoms with van der Waals surface area (Å²) in [6.07, 6.45) is 1.10. The average Bonchev–Trinajstić information content (AvgIpc) is 2.46. The van der Waals surface area contributed by atoms with Crippen molar-refractivity contribution >= 4 is 6.09 Å². The van der Waals surface area contributed by atoms with Gasteiger partial charge in [0.1, 0.15) is 17.1 Å². The Morgan fingerprint density at radius 3 is 2.30 bits per heavy atom. The molecule has 1 amide bonds. The number of rotatable bonds is 9. The molecule has 6 heteroatoms. The molecule has 0 heterocycles. The van der Waals surface area contributed by atoms with E-state index in [-0.39, 0.29) is 0 Å². The van der Waals surface area contributed by atoms with Gasteiger partial charge in [-0.05, 0) is 52.3 Å². The molecule has 0 fully saturated rings. The lowest BCUT2D eigenvalue weighted by atomic mass is 10.2. The minimum absolute atomic E-state index is 0.409. The molecule has 1 rings (SSSR count). The predicted molar refractivity (Wildman–Crippen MR) is 90.0 cm³/mol. The van der Waals surface area contributed by atoms with Crippen molar-refractivity contribution in [3.05, 3.63) is 24.3 Å². The molecule has 0 bridgehead atoms. The Morgan fingerprint density at radius 2 is 1.74 bits per heavy atom. The molecule has 0 spiro atoms. The van der Waals surface area contributed by atoms with Crippen LogP contribution in [0.4, 0.5) is 4.79 Å². The van der Waals surface area contributed by atoms with Crippen molar-refractivity contribution in [2.24, 2.45) is 5.73 Å². The zero-order valence-electron chi connectivity index (χ0n) is 14.3. The molecule has 23 heavy (non-hydrogen) atoms. The van der Waals surface area contributed by atoms with Crippen LogP contribution >= 0.6 is 0 Å². The van der Waals surface area contributed by atoms with Gasteiger partial charge in [-0.25, -0.2) is 4.79 Å². The van der Waals surface area contributed by atoms with Crippen molar-refractivity contribution < 1.29 is 19.0 Å². The molecule has 6 nitrogen and oxygen atoms in total. The molecule has 0 atom stereocenters. The SMILES string of the molecule is CC(C)(C)OC(=O)NCCCOc1cccc(OCCCN)c1. The zero-order valence-corrected chi connectivity index (χ0v) is 14.3. The Morgan fingerprint density at radius 1 is 1.13 bits per heavy atom. The number of hydrogen-bond donors (Lipinski definition) is 2. The Bertz CT molecular complexity index is 472. The molecule has 130 valence electrons. The van der Waals surface area contributed by atoms with Crippen molar-refractivity contribution in [1.29, 1.82) is 0 Å². The van der Waals surface area contributed by atoms with E-state index in [0.717, 1.165) is 17.9 Å². The van der Waals surface area contributed by atoms with Crippen LogP contribution in [0, 0.1) is 0 Å². The molecule has 0 aromatic heterocycles. The van der Waals surface area contributed by atoms with Gasteiger partial charge in [0, 0.05) is 12.6 Å². The summed E-state index contributed by atoms with van der Waals surface area (Å²) in [5, 5.41) is 2.69. The molecule has 0 aliphatic heterocycles. The summed E-state index contributed by atoms with van der Waals surface area (Å²) in [5.41, 5.74) is 4.95. The van der Waals surface area contributed by atoms with E-state index in [2.05, 4.69) is 5.32 Å².